The number of piperidine rings is 1. The Kier molecular flexibility index (Phi) is 4.69. The van der Waals surface area contributed by atoms with Gasteiger partial charge in [0.1, 0.15) is 5.75 Å². The molecule has 2 atom stereocenters. The molecule has 1 aromatic rings. The fourth-order valence-corrected chi connectivity index (χ4v) is 4.03. The first-order valence-electron chi connectivity index (χ1n) is 8.57. The molecule has 0 aromatic heterocycles. The van der Waals surface area contributed by atoms with Crippen molar-refractivity contribution in [2.45, 2.75) is 64.1 Å². The summed E-state index contributed by atoms with van der Waals surface area (Å²) in [4.78, 5) is 2.65. The number of rotatable bonds is 6. The first-order chi connectivity index (χ1) is 10.3. The fraction of sp³-hybridized carbons (Fsp3) is 0.667. The van der Waals surface area contributed by atoms with Crippen LogP contribution in [0.2, 0.25) is 0 Å². The maximum atomic E-state index is 5.85. The van der Waals surface area contributed by atoms with E-state index in [1.165, 1.54) is 37.8 Å². The molecule has 3 nitrogen and oxygen atoms in total. The number of benzene rings is 1. The average Bonchev–Trinajstić information content (AvgIpc) is 2.77. The number of hydrogen-bond acceptors (Lipinski definition) is 3. The molecule has 21 heavy (non-hydrogen) atoms. The van der Waals surface area contributed by atoms with E-state index in [-0.39, 0.29) is 0 Å². The van der Waals surface area contributed by atoms with Gasteiger partial charge in [-0.3, -0.25) is 0 Å². The molecule has 2 heterocycles. The predicted molar refractivity (Wildman–Crippen MR) is 88.2 cm³/mol. The van der Waals surface area contributed by atoms with Gasteiger partial charge in [0.25, 0.3) is 0 Å². The van der Waals surface area contributed by atoms with Crippen LogP contribution in [0, 0.1) is 0 Å². The number of hydrogen-bond donors (Lipinski definition) is 1. The van der Waals surface area contributed by atoms with Crippen LogP contribution in [0.25, 0.3) is 0 Å². The van der Waals surface area contributed by atoms with E-state index in [1.54, 1.807) is 0 Å². The zero-order valence-electron chi connectivity index (χ0n) is 13.3. The van der Waals surface area contributed by atoms with Crippen molar-refractivity contribution in [2.75, 3.05) is 18.1 Å². The van der Waals surface area contributed by atoms with E-state index in [1.807, 2.05) is 0 Å². The minimum Gasteiger partial charge on any atom is -0.492 e. The van der Waals surface area contributed by atoms with Gasteiger partial charge in [-0.25, -0.2) is 0 Å². The highest BCUT2D eigenvalue weighted by atomic mass is 16.5. The minimum atomic E-state index is 0.680. The Hall–Kier alpha value is -1.22. The molecule has 3 rings (SSSR count). The van der Waals surface area contributed by atoms with Crippen molar-refractivity contribution in [3.63, 3.8) is 0 Å². The van der Waals surface area contributed by atoms with Crippen LogP contribution in [0.4, 0.5) is 5.69 Å². The summed E-state index contributed by atoms with van der Waals surface area (Å²) >= 11 is 0. The van der Waals surface area contributed by atoms with E-state index in [9.17, 15) is 0 Å². The topological polar surface area (TPSA) is 24.5 Å². The monoisotopic (exact) mass is 288 g/mol. The lowest BCUT2D eigenvalue weighted by molar-refractivity contribution is 0.329. The normalized spacial score (nSPS) is 27.9. The largest absolute Gasteiger partial charge is 0.492 e. The van der Waals surface area contributed by atoms with Crippen molar-refractivity contribution in [1.29, 1.82) is 0 Å². The second-order valence-electron chi connectivity index (χ2n) is 6.32. The third kappa shape index (κ3) is 3.03. The molecule has 0 spiro atoms. The Labute approximate surface area is 128 Å². The van der Waals surface area contributed by atoms with Gasteiger partial charge in [0.2, 0.25) is 0 Å². The molecule has 0 saturated carbocycles. The van der Waals surface area contributed by atoms with E-state index in [0.29, 0.717) is 18.1 Å². The van der Waals surface area contributed by atoms with Crippen molar-refractivity contribution >= 4 is 5.69 Å². The molecule has 2 bridgehead atoms. The van der Waals surface area contributed by atoms with Crippen LogP contribution in [0.1, 0.15) is 46.0 Å². The van der Waals surface area contributed by atoms with Gasteiger partial charge in [0.15, 0.2) is 0 Å². The highest BCUT2D eigenvalue weighted by Crippen LogP contribution is 2.42. The van der Waals surface area contributed by atoms with Crippen LogP contribution in [0.15, 0.2) is 24.3 Å². The van der Waals surface area contributed by atoms with Gasteiger partial charge in [0, 0.05) is 18.1 Å². The third-order valence-electron chi connectivity index (χ3n) is 4.86. The SMILES string of the molecule is CCCNC1CC2CCC(C1)N2c1ccccc1OCC. The molecule has 2 aliphatic rings. The Morgan fingerprint density at radius 3 is 2.52 bits per heavy atom. The first kappa shape index (κ1) is 14.7. The summed E-state index contributed by atoms with van der Waals surface area (Å²) in [5, 5.41) is 3.73. The van der Waals surface area contributed by atoms with Crippen molar-refractivity contribution in [1.82, 2.24) is 5.32 Å². The van der Waals surface area contributed by atoms with Crippen LogP contribution >= 0.6 is 0 Å². The summed E-state index contributed by atoms with van der Waals surface area (Å²) in [6, 6.07) is 10.6. The maximum Gasteiger partial charge on any atom is 0.142 e. The molecule has 3 heteroatoms. The van der Waals surface area contributed by atoms with Gasteiger partial charge in [-0.05, 0) is 57.7 Å². The number of fused-ring (bicyclic) bond motifs is 2. The van der Waals surface area contributed by atoms with Crippen molar-refractivity contribution in [3.8, 4) is 5.75 Å². The van der Waals surface area contributed by atoms with Crippen LogP contribution in [-0.2, 0) is 0 Å². The quantitative estimate of drug-likeness (QED) is 0.866. The van der Waals surface area contributed by atoms with Crippen LogP contribution in [-0.4, -0.2) is 31.3 Å². The molecule has 2 fully saturated rings. The van der Waals surface area contributed by atoms with Gasteiger partial charge < -0.3 is 15.0 Å². The average molecular weight is 288 g/mol. The number of nitrogens with zero attached hydrogens (tertiary/aromatic N) is 1. The van der Waals surface area contributed by atoms with Gasteiger partial charge >= 0.3 is 0 Å². The van der Waals surface area contributed by atoms with Crippen LogP contribution in [0.3, 0.4) is 0 Å². The van der Waals surface area contributed by atoms with E-state index in [2.05, 4.69) is 48.3 Å². The minimum absolute atomic E-state index is 0.680. The van der Waals surface area contributed by atoms with Crippen LogP contribution < -0.4 is 15.0 Å². The summed E-state index contributed by atoms with van der Waals surface area (Å²) in [5.41, 5.74) is 1.31. The van der Waals surface area contributed by atoms with Gasteiger partial charge in [-0.15, -0.1) is 0 Å². The van der Waals surface area contributed by atoms with E-state index >= 15 is 0 Å². The Morgan fingerprint density at radius 2 is 1.86 bits per heavy atom. The number of para-hydroxylation sites is 2. The Balaban J connectivity index is 1.76. The summed E-state index contributed by atoms with van der Waals surface area (Å²) in [5.74, 6) is 1.05. The molecule has 1 aromatic carbocycles. The summed E-state index contributed by atoms with van der Waals surface area (Å²) in [7, 11) is 0. The summed E-state index contributed by atoms with van der Waals surface area (Å²) in [6.07, 6.45) is 6.43. The highest BCUT2D eigenvalue weighted by molar-refractivity contribution is 5.61. The smallest absolute Gasteiger partial charge is 0.142 e. The molecule has 2 saturated heterocycles. The summed E-state index contributed by atoms with van der Waals surface area (Å²) in [6.45, 7) is 6.20. The maximum absolute atomic E-state index is 5.85. The summed E-state index contributed by atoms with van der Waals surface area (Å²) < 4.78 is 5.85. The molecule has 0 radical (unpaired) electrons. The lowest BCUT2D eigenvalue weighted by atomic mass is 9.96. The highest BCUT2D eigenvalue weighted by Gasteiger charge is 2.41. The van der Waals surface area contributed by atoms with Crippen molar-refractivity contribution in [2.24, 2.45) is 0 Å². The molecule has 2 unspecified atom stereocenters. The molecule has 2 aliphatic heterocycles. The molecule has 0 amide bonds. The van der Waals surface area contributed by atoms with Crippen LogP contribution in [0.5, 0.6) is 5.75 Å². The Bertz CT molecular complexity index is 448. The molecule has 0 aliphatic carbocycles. The second kappa shape index (κ2) is 6.69. The molecule has 116 valence electrons. The predicted octanol–water partition coefficient (Wildman–Crippen LogP) is 3.58. The van der Waals surface area contributed by atoms with Crippen molar-refractivity contribution in [3.05, 3.63) is 24.3 Å². The molecular weight excluding hydrogens is 260 g/mol. The van der Waals surface area contributed by atoms with Crippen molar-refractivity contribution < 1.29 is 4.74 Å². The zero-order valence-corrected chi connectivity index (χ0v) is 13.3. The molecular formula is C18H28N2O. The van der Waals surface area contributed by atoms with E-state index in [0.717, 1.165) is 18.9 Å². The third-order valence-corrected chi connectivity index (χ3v) is 4.86. The second-order valence-corrected chi connectivity index (χ2v) is 6.32. The van der Waals surface area contributed by atoms with Gasteiger partial charge in [0.05, 0.1) is 12.3 Å². The fourth-order valence-electron chi connectivity index (χ4n) is 4.03. The van der Waals surface area contributed by atoms with Gasteiger partial charge in [-0.2, -0.15) is 0 Å². The van der Waals surface area contributed by atoms with Gasteiger partial charge in [-0.1, -0.05) is 19.1 Å². The standard InChI is InChI=1S/C18H28N2O/c1-3-11-19-14-12-15-9-10-16(13-14)20(15)17-7-5-6-8-18(17)21-4-2/h5-8,14-16,19H,3-4,9-13H2,1-2H3. The number of anilines is 1. The first-order valence-corrected chi connectivity index (χ1v) is 8.57. The number of ether oxygens (including phenoxy) is 1. The Morgan fingerprint density at radius 1 is 1.14 bits per heavy atom. The molecule has 1 N–H and O–H groups in total. The van der Waals surface area contributed by atoms with E-state index < -0.39 is 0 Å². The van der Waals surface area contributed by atoms with E-state index in [4.69, 9.17) is 4.74 Å². The lowest BCUT2D eigenvalue weighted by Gasteiger charge is -2.41. The zero-order chi connectivity index (χ0) is 14.7. The number of nitrogens with one attached hydrogen (secondary N) is 1. The lowest BCUT2D eigenvalue weighted by Crippen LogP contribution is -2.49.